The average molecular weight is 566 g/mol. The van der Waals surface area contributed by atoms with Crippen LogP contribution in [0.1, 0.15) is 53.1 Å². The topological polar surface area (TPSA) is 70.2 Å². The summed E-state index contributed by atoms with van der Waals surface area (Å²) in [5, 5.41) is 10.2. The van der Waals surface area contributed by atoms with Crippen LogP contribution < -0.4 is 16.0 Å². The summed E-state index contributed by atoms with van der Waals surface area (Å²) in [6, 6.07) is 35.4. The highest BCUT2D eigenvalue weighted by Gasteiger charge is 2.37. The molecule has 3 N–H and O–H groups in total. The molecule has 0 aliphatic heterocycles. The van der Waals surface area contributed by atoms with Gasteiger partial charge in [-0.25, -0.2) is 0 Å². The molecule has 1 aliphatic rings. The predicted octanol–water partition coefficient (Wildman–Crippen LogP) is 6.74. The van der Waals surface area contributed by atoms with Crippen LogP contribution in [0.3, 0.4) is 0 Å². The Morgan fingerprint density at radius 1 is 0.805 bits per heavy atom. The van der Waals surface area contributed by atoms with Crippen molar-refractivity contribution in [1.82, 2.24) is 16.0 Å². The predicted molar refractivity (Wildman–Crippen MR) is 166 cm³/mol. The molecule has 0 bridgehead atoms. The van der Waals surface area contributed by atoms with Gasteiger partial charge in [0.2, 0.25) is 5.91 Å². The summed E-state index contributed by atoms with van der Waals surface area (Å²) < 4.78 is 0. The van der Waals surface area contributed by atoms with Crippen LogP contribution in [0.25, 0.3) is 11.1 Å². The number of benzene rings is 4. The second-order valence-corrected chi connectivity index (χ2v) is 11.1. The molecular weight excluding hydrogens is 530 g/mol. The number of amides is 2. The summed E-state index contributed by atoms with van der Waals surface area (Å²) in [5.41, 5.74) is 4.96. The van der Waals surface area contributed by atoms with E-state index in [9.17, 15) is 9.59 Å². The third kappa shape index (κ3) is 8.29. The molecule has 210 valence electrons. The third-order valence-electron chi connectivity index (χ3n) is 7.58. The van der Waals surface area contributed by atoms with Crippen LogP contribution in [0.15, 0.2) is 109 Å². The van der Waals surface area contributed by atoms with Crippen LogP contribution in [0, 0.1) is 0 Å². The van der Waals surface area contributed by atoms with Gasteiger partial charge in [0.25, 0.3) is 5.91 Å². The van der Waals surface area contributed by atoms with Gasteiger partial charge in [-0.2, -0.15) is 0 Å². The molecule has 0 aromatic heterocycles. The first-order chi connectivity index (χ1) is 20.1. The van der Waals surface area contributed by atoms with Gasteiger partial charge in [0, 0.05) is 29.1 Å². The highest BCUT2D eigenvalue weighted by molar-refractivity contribution is 6.30. The van der Waals surface area contributed by atoms with E-state index >= 15 is 0 Å². The molecule has 3 atom stereocenters. The van der Waals surface area contributed by atoms with Crippen molar-refractivity contribution in [3.63, 3.8) is 0 Å². The van der Waals surface area contributed by atoms with Crippen LogP contribution in [-0.4, -0.2) is 30.4 Å². The SMILES string of the molecule is O=C(N[C@@H](CCCCN[C@@H]1CC1c1ccccc1)C(=O)NCc1cccc(Cl)c1)c1ccc(-c2ccccc2)cc1. The zero-order chi connectivity index (χ0) is 28.4. The summed E-state index contributed by atoms with van der Waals surface area (Å²) in [5.74, 6) is 0.140. The standard InChI is InChI=1S/C35H36ClN3O2/c36-30-15-9-10-25(22-30)24-38-35(41)32(16-7-8-21-37-33-23-31(33)28-13-5-2-6-14-28)39-34(40)29-19-17-27(18-20-29)26-11-3-1-4-12-26/h1-6,9-15,17-20,22,31-33,37H,7-8,16,21,23-24H2,(H,38,41)(H,39,40)/t31?,32-,33+/m0/s1. The van der Waals surface area contributed by atoms with E-state index in [4.69, 9.17) is 11.6 Å². The Morgan fingerprint density at radius 2 is 1.51 bits per heavy atom. The first-order valence-electron chi connectivity index (χ1n) is 14.3. The van der Waals surface area contributed by atoms with Gasteiger partial charge < -0.3 is 16.0 Å². The minimum Gasteiger partial charge on any atom is -0.350 e. The molecule has 1 aliphatic carbocycles. The normalized spacial score (nSPS) is 16.5. The number of nitrogens with one attached hydrogen (secondary N) is 3. The Morgan fingerprint density at radius 3 is 2.24 bits per heavy atom. The fraction of sp³-hybridized carbons (Fsp3) is 0.257. The largest absolute Gasteiger partial charge is 0.350 e. The van der Waals surface area contributed by atoms with Gasteiger partial charge in [0.1, 0.15) is 6.04 Å². The van der Waals surface area contributed by atoms with Crippen LogP contribution in [0.4, 0.5) is 0 Å². The van der Waals surface area contributed by atoms with Crippen molar-refractivity contribution in [3.8, 4) is 11.1 Å². The zero-order valence-electron chi connectivity index (χ0n) is 23.1. The quantitative estimate of drug-likeness (QED) is 0.157. The molecule has 0 saturated heterocycles. The molecule has 0 heterocycles. The monoisotopic (exact) mass is 565 g/mol. The van der Waals surface area contributed by atoms with Crippen LogP contribution in [0.5, 0.6) is 0 Å². The summed E-state index contributed by atoms with van der Waals surface area (Å²) in [6.07, 6.45) is 3.47. The Labute approximate surface area is 247 Å². The lowest BCUT2D eigenvalue weighted by Crippen LogP contribution is -2.46. The van der Waals surface area contributed by atoms with E-state index in [1.807, 2.05) is 60.7 Å². The van der Waals surface area contributed by atoms with Gasteiger partial charge in [-0.05, 0) is 78.7 Å². The van der Waals surface area contributed by atoms with E-state index in [1.165, 1.54) is 5.56 Å². The first kappa shape index (κ1) is 28.6. The third-order valence-corrected chi connectivity index (χ3v) is 7.81. The van der Waals surface area contributed by atoms with Crippen molar-refractivity contribution < 1.29 is 9.59 Å². The van der Waals surface area contributed by atoms with Gasteiger partial charge in [-0.15, -0.1) is 0 Å². The van der Waals surface area contributed by atoms with Gasteiger partial charge >= 0.3 is 0 Å². The van der Waals surface area contributed by atoms with Gasteiger partial charge in [0.05, 0.1) is 0 Å². The Kier molecular flexibility index (Phi) is 9.84. The molecule has 5 nitrogen and oxygen atoms in total. The van der Waals surface area contributed by atoms with Crippen molar-refractivity contribution in [1.29, 1.82) is 0 Å². The lowest BCUT2D eigenvalue weighted by atomic mass is 10.0. The van der Waals surface area contributed by atoms with E-state index in [1.54, 1.807) is 18.2 Å². The van der Waals surface area contributed by atoms with Crippen molar-refractivity contribution in [2.75, 3.05) is 6.54 Å². The fourth-order valence-corrected chi connectivity index (χ4v) is 5.38. The van der Waals surface area contributed by atoms with Crippen molar-refractivity contribution in [3.05, 3.63) is 131 Å². The maximum Gasteiger partial charge on any atom is 0.251 e. The molecule has 1 fully saturated rings. The molecule has 41 heavy (non-hydrogen) atoms. The molecule has 4 aromatic rings. The highest BCUT2D eigenvalue weighted by Crippen LogP contribution is 2.40. The minimum absolute atomic E-state index is 0.196. The Bertz CT molecular complexity index is 1430. The lowest BCUT2D eigenvalue weighted by Gasteiger charge is -2.19. The molecule has 5 rings (SSSR count). The number of hydrogen-bond donors (Lipinski definition) is 3. The number of unbranched alkanes of at least 4 members (excludes halogenated alkanes) is 1. The number of carbonyl (C=O) groups excluding carboxylic acids is 2. The number of halogens is 1. The average Bonchev–Trinajstić information content (AvgIpc) is 3.80. The molecule has 2 amide bonds. The first-order valence-corrected chi connectivity index (χ1v) is 14.7. The molecular formula is C35H36ClN3O2. The molecule has 0 radical (unpaired) electrons. The van der Waals surface area contributed by atoms with Crippen molar-refractivity contribution in [2.45, 2.75) is 50.2 Å². The van der Waals surface area contributed by atoms with Crippen molar-refractivity contribution >= 4 is 23.4 Å². The Balaban J connectivity index is 1.15. The summed E-state index contributed by atoms with van der Waals surface area (Å²) in [6.45, 7) is 1.24. The fourth-order valence-electron chi connectivity index (χ4n) is 5.16. The molecule has 1 unspecified atom stereocenters. The smallest absolute Gasteiger partial charge is 0.251 e. The number of hydrogen-bond acceptors (Lipinski definition) is 3. The number of carbonyl (C=O) groups is 2. The second-order valence-electron chi connectivity index (χ2n) is 10.6. The van der Waals surface area contributed by atoms with Crippen LogP contribution in [0.2, 0.25) is 5.02 Å². The maximum absolute atomic E-state index is 13.2. The summed E-state index contributed by atoms with van der Waals surface area (Å²) in [7, 11) is 0. The van der Waals surface area contributed by atoms with E-state index < -0.39 is 6.04 Å². The lowest BCUT2D eigenvalue weighted by molar-refractivity contribution is -0.123. The zero-order valence-corrected chi connectivity index (χ0v) is 23.8. The van der Waals surface area contributed by atoms with Gasteiger partial charge in [0.15, 0.2) is 0 Å². The van der Waals surface area contributed by atoms with E-state index in [-0.39, 0.29) is 11.8 Å². The minimum atomic E-state index is -0.631. The summed E-state index contributed by atoms with van der Waals surface area (Å²) in [4.78, 5) is 26.4. The van der Waals surface area contributed by atoms with Gasteiger partial charge in [-0.1, -0.05) is 96.5 Å². The van der Waals surface area contributed by atoms with E-state index in [2.05, 4.69) is 46.3 Å². The molecule has 4 aromatic carbocycles. The Hall–Kier alpha value is -3.93. The second kappa shape index (κ2) is 14.1. The molecule has 0 spiro atoms. The van der Waals surface area contributed by atoms with E-state index in [0.717, 1.165) is 42.5 Å². The van der Waals surface area contributed by atoms with Gasteiger partial charge in [-0.3, -0.25) is 9.59 Å². The maximum atomic E-state index is 13.2. The van der Waals surface area contributed by atoms with Crippen molar-refractivity contribution in [2.24, 2.45) is 0 Å². The van der Waals surface area contributed by atoms with E-state index in [0.29, 0.717) is 35.5 Å². The number of rotatable bonds is 13. The summed E-state index contributed by atoms with van der Waals surface area (Å²) >= 11 is 6.10. The highest BCUT2D eigenvalue weighted by atomic mass is 35.5. The molecule has 6 heteroatoms. The van der Waals surface area contributed by atoms with Crippen LogP contribution >= 0.6 is 11.6 Å². The van der Waals surface area contributed by atoms with Crippen LogP contribution in [-0.2, 0) is 11.3 Å². The molecule has 1 saturated carbocycles.